The lowest BCUT2D eigenvalue weighted by Crippen LogP contribution is -2.15. The van der Waals surface area contributed by atoms with Gasteiger partial charge in [-0.3, -0.25) is 4.79 Å². The highest BCUT2D eigenvalue weighted by atomic mass is 32.2. The number of thioether (sulfide) groups is 1. The van der Waals surface area contributed by atoms with Crippen LogP contribution in [0, 0.1) is 0 Å². The van der Waals surface area contributed by atoms with Crippen LogP contribution in [0.3, 0.4) is 0 Å². The fraction of sp³-hybridized carbons (Fsp3) is 0.286. The van der Waals surface area contributed by atoms with Crippen LogP contribution < -0.4 is 14.8 Å². The zero-order valence-electron chi connectivity index (χ0n) is 16.7. The lowest BCUT2D eigenvalue weighted by molar-refractivity contribution is -0.113. The van der Waals surface area contributed by atoms with E-state index in [2.05, 4.69) is 27.6 Å². The number of hydrogen-bond donors (Lipinski definition) is 1. The van der Waals surface area contributed by atoms with Gasteiger partial charge in [0.25, 0.3) is 0 Å². The molecule has 8 heteroatoms. The van der Waals surface area contributed by atoms with E-state index in [1.165, 1.54) is 17.3 Å². The minimum atomic E-state index is -0.156. The van der Waals surface area contributed by atoms with Gasteiger partial charge in [0.15, 0.2) is 5.16 Å². The standard InChI is InChI=1S/C21H24N4O3S/c1-4-25-19(12-15-8-6-5-7-9-15)23-24-21(25)29-14-20(26)22-17-13-16(27-2)10-11-18(17)28-3/h5-11,13H,4,12,14H2,1-3H3,(H,22,26). The Balaban J connectivity index is 1.65. The number of benzene rings is 2. The molecular formula is C21H24N4O3S. The van der Waals surface area contributed by atoms with Crippen molar-refractivity contribution in [3.05, 3.63) is 59.9 Å². The van der Waals surface area contributed by atoms with Gasteiger partial charge in [-0.1, -0.05) is 42.1 Å². The van der Waals surface area contributed by atoms with Crippen molar-refractivity contribution in [2.24, 2.45) is 0 Å². The van der Waals surface area contributed by atoms with Gasteiger partial charge in [-0.15, -0.1) is 10.2 Å². The van der Waals surface area contributed by atoms with Crippen molar-refractivity contribution in [1.82, 2.24) is 14.8 Å². The van der Waals surface area contributed by atoms with Crippen molar-refractivity contribution < 1.29 is 14.3 Å². The van der Waals surface area contributed by atoms with E-state index < -0.39 is 0 Å². The number of carbonyl (C=O) groups excluding carboxylic acids is 1. The zero-order chi connectivity index (χ0) is 20.6. The molecule has 1 aromatic heterocycles. The van der Waals surface area contributed by atoms with Crippen LogP contribution in [-0.4, -0.2) is 40.6 Å². The Hall–Kier alpha value is -3.00. The number of methoxy groups -OCH3 is 2. The second-order valence-electron chi connectivity index (χ2n) is 6.21. The van der Waals surface area contributed by atoms with Gasteiger partial charge in [0.05, 0.1) is 25.7 Å². The number of ether oxygens (including phenoxy) is 2. The summed E-state index contributed by atoms with van der Waals surface area (Å²) in [5.74, 6) is 2.16. The summed E-state index contributed by atoms with van der Waals surface area (Å²) in [6, 6.07) is 15.4. The van der Waals surface area contributed by atoms with Gasteiger partial charge >= 0.3 is 0 Å². The number of nitrogens with zero attached hydrogens (tertiary/aromatic N) is 3. The highest BCUT2D eigenvalue weighted by Crippen LogP contribution is 2.29. The van der Waals surface area contributed by atoms with Crippen LogP contribution in [0.5, 0.6) is 11.5 Å². The van der Waals surface area contributed by atoms with E-state index in [1.54, 1.807) is 32.4 Å². The van der Waals surface area contributed by atoms with Crippen molar-refractivity contribution in [3.8, 4) is 11.5 Å². The molecule has 0 radical (unpaired) electrons. The molecule has 0 unspecified atom stereocenters. The lowest BCUT2D eigenvalue weighted by Gasteiger charge is -2.12. The van der Waals surface area contributed by atoms with E-state index in [-0.39, 0.29) is 11.7 Å². The third-order valence-electron chi connectivity index (χ3n) is 4.33. The van der Waals surface area contributed by atoms with Gasteiger partial charge in [-0.2, -0.15) is 0 Å². The fourth-order valence-electron chi connectivity index (χ4n) is 2.88. The number of anilines is 1. The molecule has 0 aliphatic carbocycles. The van der Waals surface area contributed by atoms with Crippen LogP contribution in [0.2, 0.25) is 0 Å². The number of nitrogens with one attached hydrogen (secondary N) is 1. The number of aromatic nitrogens is 3. The summed E-state index contributed by atoms with van der Waals surface area (Å²) >= 11 is 1.36. The van der Waals surface area contributed by atoms with Gasteiger partial charge in [-0.25, -0.2) is 0 Å². The number of rotatable bonds is 9. The normalized spacial score (nSPS) is 10.6. The molecular weight excluding hydrogens is 388 g/mol. The Morgan fingerprint density at radius 1 is 1.10 bits per heavy atom. The summed E-state index contributed by atoms with van der Waals surface area (Å²) in [5.41, 5.74) is 1.74. The first kappa shape index (κ1) is 20.7. The van der Waals surface area contributed by atoms with Crippen LogP contribution in [0.25, 0.3) is 0 Å². The summed E-state index contributed by atoms with van der Waals surface area (Å²) in [5, 5.41) is 12.2. The molecule has 1 heterocycles. The molecule has 2 aromatic carbocycles. The number of carbonyl (C=O) groups is 1. The third-order valence-corrected chi connectivity index (χ3v) is 5.29. The summed E-state index contributed by atoms with van der Waals surface area (Å²) in [6.45, 7) is 2.78. The second kappa shape index (κ2) is 9.97. The molecule has 1 N–H and O–H groups in total. The Bertz CT molecular complexity index is 960. The van der Waals surface area contributed by atoms with Gasteiger partial charge in [0, 0.05) is 19.0 Å². The average Bonchev–Trinajstić information content (AvgIpc) is 3.14. The monoisotopic (exact) mass is 412 g/mol. The Labute approximate surface area is 174 Å². The first-order chi connectivity index (χ1) is 14.1. The van der Waals surface area contributed by atoms with Crippen molar-refractivity contribution in [2.75, 3.05) is 25.3 Å². The number of hydrogen-bond acceptors (Lipinski definition) is 6. The average molecular weight is 413 g/mol. The molecule has 0 aliphatic rings. The molecule has 1 amide bonds. The maximum atomic E-state index is 12.5. The van der Waals surface area contributed by atoms with Crippen LogP contribution in [-0.2, 0) is 17.8 Å². The zero-order valence-corrected chi connectivity index (χ0v) is 17.5. The van der Waals surface area contributed by atoms with E-state index in [1.807, 2.05) is 29.7 Å². The molecule has 0 aliphatic heterocycles. The van der Waals surface area contributed by atoms with E-state index in [0.29, 0.717) is 23.6 Å². The quantitative estimate of drug-likeness (QED) is 0.541. The van der Waals surface area contributed by atoms with Gasteiger partial charge in [0.2, 0.25) is 5.91 Å². The number of amides is 1. The third kappa shape index (κ3) is 5.29. The smallest absolute Gasteiger partial charge is 0.234 e. The minimum absolute atomic E-state index is 0.156. The van der Waals surface area contributed by atoms with E-state index in [4.69, 9.17) is 9.47 Å². The molecule has 7 nitrogen and oxygen atoms in total. The predicted octanol–water partition coefficient (Wildman–Crippen LogP) is 3.64. The molecule has 0 saturated carbocycles. The van der Waals surface area contributed by atoms with E-state index in [9.17, 15) is 4.79 Å². The molecule has 29 heavy (non-hydrogen) atoms. The van der Waals surface area contributed by atoms with Gasteiger partial charge in [0.1, 0.15) is 17.3 Å². The van der Waals surface area contributed by atoms with Crippen molar-refractivity contribution in [1.29, 1.82) is 0 Å². The topological polar surface area (TPSA) is 78.3 Å². The van der Waals surface area contributed by atoms with Crippen molar-refractivity contribution in [2.45, 2.75) is 25.0 Å². The van der Waals surface area contributed by atoms with E-state index >= 15 is 0 Å². The van der Waals surface area contributed by atoms with Crippen LogP contribution >= 0.6 is 11.8 Å². The molecule has 3 rings (SSSR count). The first-order valence-electron chi connectivity index (χ1n) is 9.25. The highest BCUT2D eigenvalue weighted by molar-refractivity contribution is 7.99. The molecule has 0 atom stereocenters. The summed E-state index contributed by atoms with van der Waals surface area (Å²) in [7, 11) is 3.14. The van der Waals surface area contributed by atoms with Gasteiger partial charge < -0.3 is 19.4 Å². The van der Waals surface area contributed by atoms with Crippen LogP contribution in [0.1, 0.15) is 18.3 Å². The summed E-state index contributed by atoms with van der Waals surface area (Å²) in [4.78, 5) is 12.5. The molecule has 0 saturated heterocycles. The lowest BCUT2D eigenvalue weighted by atomic mass is 10.1. The van der Waals surface area contributed by atoms with E-state index in [0.717, 1.165) is 17.5 Å². The molecule has 0 spiro atoms. The molecule has 0 fully saturated rings. The van der Waals surface area contributed by atoms with Gasteiger partial charge in [-0.05, 0) is 24.6 Å². The Kier molecular flexibility index (Phi) is 7.13. The summed E-state index contributed by atoms with van der Waals surface area (Å²) < 4.78 is 12.6. The largest absolute Gasteiger partial charge is 0.497 e. The molecule has 0 bridgehead atoms. The molecule has 152 valence electrons. The minimum Gasteiger partial charge on any atom is -0.497 e. The molecule has 3 aromatic rings. The summed E-state index contributed by atoms with van der Waals surface area (Å²) in [6.07, 6.45) is 0.704. The second-order valence-corrected chi connectivity index (χ2v) is 7.15. The maximum absolute atomic E-state index is 12.5. The maximum Gasteiger partial charge on any atom is 0.234 e. The van der Waals surface area contributed by atoms with Crippen LogP contribution in [0.4, 0.5) is 5.69 Å². The first-order valence-corrected chi connectivity index (χ1v) is 10.2. The Morgan fingerprint density at radius 3 is 2.59 bits per heavy atom. The fourth-order valence-corrected chi connectivity index (χ4v) is 3.70. The predicted molar refractivity (Wildman–Crippen MR) is 114 cm³/mol. The highest BCUT2D eigenvalue weighted by Gasteiger charge is 2.15. The van der Waals surface area contributed by atoms with Crippen molar-refractivity contribution in [3.63, 3.8) is 0 Å². The Morgan fingerprint density at radius 2 is 1.90 bits per heavy atom. The van der Waals surface area contributed by atoms with Crippen LogP contribution in [0.15, 0.2) is 53.7 Å². The van der Waals surface area contributed by atoms with Crippen molar-refractivity contribution >= 4 is 23.4 Å². The SMILES string of the molecule is CCn1c(Cc2ccccc2)nnc1SCC(=O)Nc1cc(OC)ccc1OC.